The van der Waals surface area contributed by atoms with E-state index in [0.717, 1.165) is 0 Å². The first-order valence-electron chi connectivity index (χ1n) is 16.6. The molecule has 2 atom stereocenters. The van der Waals surface area contributed by atoms with Gasteiger partial charge in [-0.05, 0) is 0 Å². The van der Waals surface area contributed by atoms with E-state index >= 15 is 0 Å². The Hall–Kier alpha value is -4.11. The van der Waals surface area contributed by atoms with Crippen molar-refractivity contribution in [3.8, 4) is 0 Å². The van der Waals surface area contributed by atoms with Crippen LogP contribution in [-0.4, -0.2) is 5.98 Å². The van der Waals surface area contributed by atoms with Crippen molar-refractivity contribution in [2.24, 2.45) is 0 Å². The molecule has 6 aromatic carbocycles. The summed E-state index contributed by atoms with van der Waals surface area (Å²) in [6.45, 7) is 4.90. The third-order valence-electron chi connectivity index (χ3n) is 11.3. The standard InChI is InChI=1S/C12H11Si.2C10H9.2C6H5.Hf/c1-3-7-11(8-4-1)13-12-9-5-2-6-10-12;2*1-8-6-9-4-2-3-5-10(9)7-8;2*1-2-4-6-5-3-1;/h1-10,13H;2*2-7H,1H3;2*1-5H;. The molecule has 2 aliphatic rings. The van der Waals surface area contributed by atoms with Crippen LogP contribution in [0.15, 0.2) is 181 Å². The van der Waals surface area contributed by atoms with Gasteiger partial charge in [-0.2, -0.15) is 0 Å². The average molecular weight is 774 g/mol. The number of hydrogen-bond acceptors (Lipinski definition) is 0. The van der Waals surface area contributed by atoms with Gasteiger partial charge in [0.15, 0.2) is 0 Å². The third kappa shape index (κ3) is 4.06. The summed E-state index contributed by atoms with van der Waals surface area (Å²) in [4.78, 5) is 0. The number of benzene rings is 6. The molecule has 0 amide bonds. The van der Waals surface area contributed by atoms with E-state index in [2.05, 4.69) is 196 Å². The number of allylic oxidation sites excluding steroid dienone is 2. The predicted molar refractivity (Wildman–Crippen MR) is 197 cm³/mol. The molecule has 0 saturated heterocycles. The van der Waals surface area contributed by atoms with Crippen LogP contribution in [0.4, 0.5) is 0 Å². The molecule has 0 aliphatic heterocycles. The molecule has 0 saturated carbocycles. The van der Waals surface area contributed by atoms with Crippen LogP contribution in [0, 0.1) is 0 Å². The number of fused-ring (bicyclic) bond motifs is 2. The Kier molecular flexibility index (Phi) is 7.39. The summed E-state index contributed by atoms with van der Waals surface area (Å²) < 4.78 is 3.82. The van der Waals surface area contributed by atoms with Gasteiger partial charge in [0.25, 0.3) is 0 Å². The van der Waals surface area contributed by atoms with Crippen molar-refractivity contribution in [3.05, 3.63) is 203 Å². The van der Waals surface area contributed by atoms with Gasteiger partial charge < -0.3 is 0 Å². The van der Waals surface area contributed by atoms with Crippen LogP contribution in [0.25, 0.3) is 12.2 Å². The van der Waals surface area contributed by atoms with E-state index in [4.69, 9.17) is 0 Å². The van der Waals surface area contributed by atoms with Gasteiger partial charge in [-0.3, -0.25) is 0 Å². The van der Waals surface area contributed by atoms with Crippen LogP contribution in [-0.2, 0) is 17.7 Å². The fourth-order valence-corrected chi connectivity index (χ4v) is 87.1. The van der Waals surface area contributed by atoms with Crippen molar-refractivity contribution in [1.82, 2.24) is 0 Å². The second-order valence-corrected chi connectivity index (χ2v) is 51.0. The Morgan fingerprint density at radius 2 is 0.717 bits per heavy atom. The van der Waals surface area contributed by atoms with Crippen LogP contribution in [0.1, 0.15) is 43.5 Å². The van der Waals surface area contributed by atoms with Crippen molar-refractivity contribution >= 4 is 35.1 Å². The SMILES string of the molecule is CC1=Cc2ccccc2[CH]1[Hf]([c]1ccccc1)([c]1ccccc1)([CH]1C(C)=Cc2ccccc21)[SiH](c1ccccc1)c1ccccc1. The topological polar surface area (TPSA) is 0 Å². The summed E-state index contributed by atoms with van der Waals surface area (Å²) in [5.74, 6) is -2.15. The van der Waals surface area contributed by atoms with E-state index < -0.39 is 23.7 Å². The van der Waals surface area contributed by atoms with E-state index in [0.29, 0.717) is 7.35 Å². The monoisotopic (exact) mass is 775 g/mol. The Balaban J connectivity index is 1.71. The van der Waals surface area contributed by atoms with Crippen LogP contribution in [0.2, 0.25) is 0 Å². The van der Waals surface area contributed by atoms with Gasteiger partial charge in [-0.1, -0.05) is 0 Å². The zero-order valence-corrected chi connectivity index (χ0v) is 31.3. The van der Waals surface area contributed by atoms with E-state index in [-0.39, 0.29) is 0 Å². The van der Waals surface area contributed by atoms with Crippen LogP contribution >= 0.6 is 0 Å². The second kappa shape index (κ2) is 11.6. The molecule has 0 nitrogen and oxygen atoms in total. The number of rotatable bonds is 7. The molecule has 2 aliphatic carbocycles. The summed E-state index contributed by atoms with van der Waals surface area (Å²) in [6.07, 6.45) is 5.06. The van der Waals surface area contributed by atoms with Crippen molar-refractivity contribution in [1.29, 1.82) is 0 Å². The molecule has 46 heavy (non-hydrogen) atoms. The van der Waals surface area contributed by atoms with Gasteiger partial charge in [-0.25, -0.2) is 0 Å². The summed E-state index contributed by atoms with van der Waals surface area (Å²) >= 11 is -5.27. The summed E-state index contributed by atoms with van der Waals surface area (Å²) in [5, 5.41) is 3.09. The molecule has 0 heterocycles. The number of hydrogen-bond donors (Lipinski definition) is 0. The third-order valence-corrected chi connectivity index (χ3v) is 72.2. The minimum atomic E-state index is -5.27. The molecule has 2 unspecified atom stereocenters. The van der Waals surface area contributed by atoms with Gasteiger partial charge in [0.1, 0.15) is 0 Å². The maximum absolute atomic E-state index is 5.27. The Morgan fingerprint density at radius 3 is 1.11 bits per heavy atom. The zero-order valence-electron chi connectivity index (χ0n) is 26.6. The summed E-state index contributed by atoms with van der Waals surface area (Å²) in [5.41, 5.74) is 8.86. The molecule has 2 heteroatoms. The van der Waals surface area contributed by atoms with Gasteiger partial charge in [0, 0.05) is 0 Å². The predicted octanol–water partition coefficient (Wildman–Crippen LogP) is 8.18. The summed E-state index contributed by atoms with van der Waals surface area (Å²) in [6, 6.07) is 66.1. The molecule has 0 aromatic heterocycles. The molecule has 223 valence electrons. The molecule has 0 N–H and O–H groups in total. The Morgan fingerprint density at radius 1 is 0.391 bits per heavy atom. The first-order chi connectivity index (χ1) is 22.6. The first-order valence-corrected chi connectivity index (χ1v) is 32.2. The molecule has 0 radical (unpaired) electrons. The quantitative estimate of drug-likeness (QED) is 0.144. The minimum absolute atomic E-state index is 0.301. The van der Waals surface area contributed by atoms with Crippen molar-refractivity contribution in [2.45, 2.75) is 21.2 Å². The van der Waals surface area contributed by atoms with E-state index in [9.17, 15) is 0 Å². The van der Waals surface area contributed by atoms with Crippen LogP contribution in [0.3, 0.4) is 0 Å². The fraction of sp³-hybridized carbons (Fsp3) is 0.0909. The van der Waals surface area contributed by atoms with Crippen molar-refractivity contribution in [2.75, 3.05) is 0 Å². The average Bonchev–Trinajstić information content (AvgIpc) is 3.65. The molecule has 0 fully saturated rings. The van der Waals surface area contributed by atoms with Crippen molar-refractivity contribution < 1.29 is 17.7 Å². The van der Waals surface area contributed by atoms with Gasteiger partial charge >= 0.3 is 277 Å². The van der Waals surface area contributed by atoms with Crippen LogP contribution < -0.4 is 17.0 Å². The Labute approximate surface area is 275 Å². The van der Waals surface area contributed by atoms with Gasteiger partial charge in [0.2, 0.25) is 0 Å². The second-order valence-electron chi connectivity index (χ2n) is 13.4. The summed E-state index contributed by atoms with van der Waals surface area (Å²) in [7, 11) is 0. The maximum atomic E-state index is 2.55. The fourth-order valence-electron chi connectivity index (χ4n) is 10.1. The van der Waals surface area contributed by atoms with E-state index in [1.807, 2.05) is 0 Å². The molecular weight excluding hydrogens is 735 g/mol. The van der Waals surface area contributed by atoms with Gasteiger partial charge in [0.05, 0.1) is 0 Å². The molecular formula is C44H39HfSi. The van der Waals surface area contributed by atoms with E-state index in [1.165, 1.54) is 33.4 Å². The van der Waals surface area contributed by atoms with Crippen LogP contribution in [0.5, 0.6) is 0 Å². The zero-order chi connectivity index (χ0) is 31.2. The van der Waals surface area contributed by atoms with Gasteiger partial charge in [-0.15, -0.1) is 0 Å². The molecule has 6 aromatic rings. The van der Waals surface area contributed by atoms with Crippen molar-refractivity contribution in [3.63, 3.8) is 0 Å². The normalized spacial score (nSPS) is 17.8. The Bertz CT molecular complexity index is 1930. The molecule has 0 bridgehead atoms. The molecule has 0 spiro atoms. The molecule has 8 rings (SSSR count). The van der Waals surface area contributed by atoms with E-state index in [1.54, 1.807) is 17.0 Å². The first kappa shape index (κ1) is 29.3.